The van der Waals surface area contributed by atoms with E-state index in [1.807, 2.05) is 39.8 Å². The standard InChI is InChI=1S/C22H29NO4/c1-5-13-9-15(11-18(23)22(26)27)20(16(6-2)21(13)25)14-7-8-19(24)17(10-14)12(3)4/h7-10,12,18,24-25H,5-6,11,23H2,1-4H3,(H,26,27)/t18-/m0/s1. The number of hydrogen-bond acceptors (Lipinski definition) is 4. The van der Waals surface area contributed by atoms with Gasteiger partial charge in [0.05, 0.1) is 0 Å². The molecule has 0 unspecified atom stereocenters. The number of carboxylic acids is 1. The average Bonchev–Trinajstić information content (AvgIpc) is 2.62. The predicted molar refractivity (Wildman–Crippen MR) is 107 cm³/mol. The molecule has 5 heteroatoms. The van der Waals surface area contributed by atoms with Gasteiger partial charge in [-0.15, -0.1) is 0 Å². The highest BCUT2D eigenvalue weighted by molar-refractivity contribution is 5.79. The van der Waals surface area contributed by atoms with Crippen LogP contribution in [0.1, 0.15) is 55.9 Å². The first-order valence-electron chi connectivity index (χ1n) is 9.39. The Balaban J connectivity index is 2.77. The molecule has 0 aliphatic carbocycles. The van der Waals surface area contributed by atoms with Crippen LogP contribution in [0.4, 0.5) is 0 Å². The van der Waals surface area contributed by atoms with E-state index in [1.165, 1.54) is 0 Å². The molecule has 0 fully saturated rings. The first kappa shape index (κ1) is 20.8. The zero-order valence-corrected chi connectivity index (χ0v) is 16.4. The number of benzene rings is 2. The van der Waals surface area contributed by atoms with Crippen LogP contribution in [0.15, 0.2) is 24.3 Å². The van der Waals surface area contributed by atoms with E-state index in [0.29, 0.717) is 12.8 Å². The fourth-order valence-corrected chi connectivity index (χ4v) is 3.49. The monoisotopic (exact) mass is 371 g/mol. The van der Waals surface area contributed by atoms with Crippen molar-refractivity contribution in [2.75, 3.05) is 0 Å². The summed E-state index contributed by atoms with van der Waals surface area (Å²) < 4.78 is 0. The lowest BCUT2D eigenvalue weighted by Gasteiger charge is -2.21. The number of aliphatic carboxylic acids is 1. The Hall–Kier alpha value is -2.53. The van der Waals surface area contributed by atoms with Crippen LogP contribution in [-0.4, -0.2) is 27.3 Å². The summed E-state index contributed by atoms with van der Waals surface area (Å²) >= 11 is 0. The Bertz CT molecular complexity index is 843. The molecule has 0 bridgehead atoms. The maximum Gasteiger partial charge on any atom is 0.320 e. The number of aryl methyl sites for hydroxylation is 1. The highest BCUT2D eigenvalue weighted by atomic mass is 16.4. The Morgan fingerprint density at radius 1 is 1.07 bits per heavy atom. The molecule has 1 atom stereocenters. The molecule has 2 aromatic rings. The van der Waals surface area contributed by atoms with Gasteiger partial charge in [-0.2, -0.15) is 0 Å². The van der Waals surface area contributed by atoms with Gasteiger partial charge in [0.1, 0.15) is 17.5 Å². The van der Waals surface area contributed by atoms with Crippen molar-refractivity contribution in [3.63, 3.8) is 0 Å². The van der Waals surface area contributed by atoms with Gasteiger partial charge in [0, 0.05) is 5.56 Å². The summed E-state index contributed by atoms with van der Waals surface area (Å²) in [6.07, 6.45) is 1.41. The second-order valence-corrected chi connectivity index (χ2v) is 7.18. The molecule has 27 heavy (non-hydrogen) atoms. The maximum atomic E-state index is 11.3. The zero-order valence-electron chi connectivity index (χ0n) is 16.4. The Morgan fingerprint density at radius 2 is 1.74 bits per heavy atom. The third-order valence-electron chi connectivity index (χ3n) is 4.99. The van der Waals surface area contributed by atoms with E-state index < -0.39 is 12.0 Å². The van der Waals surface area contributed by atoms with Crippen molar-refractivity contribution in [2.45, 2.75) is 58.9 Å². The summed E-state index contributed by atoms with van der Waals surface area (Å²) in [7, 11) is 0. The minimum absolute atomic E-state index is 0.128. The Labute approximate surface area is 160 Å². The topological polar surface area (TPSA) is 104 Å². The molecule has 0 aromatic heterocycles. The van der Waals surface area contributed by atoms with Gasteiger partial charge in [-0.05, 0) is 65.1 Å². The molecule has 2 rings (SSSR count). The van der Waals surface area contributed by atoms with E-state index in [1.54, 1.807) is 12.1 Å². The molecule has 0 amide bonds. The lowest BCUT2D eigenvalue weighted by molar-refractivity contribution is -0.138. The van der Waals surface area contributed by atoms with Crippen LogP contribution in [0.5, 0.6) is 11.5 Å². The van der Waals surface area contributed by atoms with Gasteiger partial charge in [0.2, 0.25) is 0 Å². The molecule has 0 aliphatic heterocycles. The van der Waals surface area contributed by atoms with Crippen molar-refractivity contribution in [1.29, 1.82) is 0 Å². The maximum absolute atomic E-state index is 11.3. The summed E-state index contributed by atoms with van der Waals surface area (Å²) in [5.41, 5.74) is 10.6. The van der Waals surface area contributed by atoms with Crippen molar-refractivity contribution in [3.8, 4) is 22.6 Å². The lowest BCUT2D eigenvalue weighted by Crippen LogP contribution is -2.32. The summed E-state index contributed by atoms with van der Waals surface area (Å²) in [6, 6.07) is 6.19. The normalized spacial score (nSPS) is 12.4. The van der Waals surface area contributed by atoms with Crippen LogP contribution in [0.25, 0.3) is 11.1 Å². The second-order valence-electron chi connectivity index (χ2n) is 7.18. The number of carbonyl (C=O) groups is 1. The number of hydrogen-bond donors (Lipinski definition) is 4. The SMILES string of the molecule is CCc1cc(C[C@H](N)C(=O)O)c(-c2ccc(O)c(C(C)C)c2)c(CC)c1O. The molecular formula is C22H29NO4. The van der Waals surface area contributed by atoms with Gasteiger partial charge < -0.3 is 21.1 Å². The molecule has 0 saturated heterocycles. The van der Waals surface area contributed by atoms with Gasteiger partial charge in [-0.25, -0.2) is 0 Å². The number of carboxylic acid groups (broad SMARTS) is 1. The fourth-order valence-electron chi connectivity index (χ4n) is 3.49. The minimum atomic E-state index is -1.06. The first-order valence-corrected chi connectivity index (χ1v) is 9.39. The van der Waals surface area contributed by atoms with Crippen LogP contribution in [0, 0.1) is 0 Å². The predicted octanol–water partition coefficient (Wildman–Crippen LogP) is 3.97. The van der Waals surface area contributed by atoms with Crippen LogP contribution in [-0.2, 0) is 24.1 Å². The van der Waals surface area contributed by atoms with Crippen LogP contribution in [0.2, 0.25) is 0 Å². The highest BCUT2D eigenvalue weighted by Gasteiger charge is 2.22. The van der Waals surface area contributed by atoms with E-state index in [2.05, 4.69) is 0 Å². The number of phenolic OH excluding ortho intramolecular Hbond substituents is 2. The number of aromatic hydroxyl groups is 2. The molecule has 5 nitrogen and oxygen atoms in total. The third-order valence-corrected chi connectivity index (χ3v) is 4.99. The van der Waals surface area contributed by atoms with Crippen LogP contribution < -0.4 is 5.73 Å². The smallest absolute Gasteiger partial charge is 0.320 e. The van der Waals surface area contributed by atoms with Gasteiger partial charge in [0.25, 0.3) is 0 Å². The fraction of sp³-hybridized carbons (Fsp3) is 0.409. The minimum Gasteiger partial charge on any atom is -0.508 e. The molecular weight excluding hydrogens is 342 g/mol. The molecule has 2 aromatic carbocycles. The van der Waals surface area contributed by atoms with Gasteiger partial charge in [0.15, 0.2) is 0 Å². The largest absolute Gasteiger partial charge is 0.508 e. The third kappa shape index (κ3) is 4.25. The van der Waals surface area contributed by atoms with Crippen LogP contribution >= 0.6 is 0 Å². The Kier molecular flexibility index (Phi) is 6.50. The lowest BCUT2D eigenvalue weighted by atomic mass is 9.85. The molecule has 0 spiro atoms. The van der Waals surface area contributed by atoms with E-state index in [-0.39, 0.29) is 23.8 Å². The van der Waals surface area contributed by atoms with Gasteiger partial charge >= 0.3 is 5.97 Å². The summed E-state index contributed by atoms with van der Waals surface area (Å²) in [5, 5.41) is 30.1. The Morgan fingerprint density at radius 3 is 2.26 bits per heavy atom. The highest BCUT2D eigenvalue weighted by Crippen LogP contribution is 2.40. The van der Waals surface area contributed by atoms with E-state index in [0.717, 1.165) is 33.4 Å². The van der Waals surface area contributed by atoms with Crippen molar-refractivity contribution >= 4 is 5.97 Å². The van der Waals surface area contributed by atoms with Crippen molar-refractivity contribution < 1.29 is 20.1 Å². The number of rotatable bonds is 7. The summed E-state index contributed by atoms with van der Waals surface area (Å²) in [5.74, 6) is -0.450. The zero-order chi connectivity index (χ0) is 20.3. The van der Waals surface area contributed by atoms with Crippen LogP contribution in [0.3, 0.4) is 0 Å². The molecule has 0 aliphatic rings. The number of phenols is 2. The molecule has 0 heterocycles. The molecule has 5 N–H and O–H groups in total. The average molecular weight is 371 g/mol. The number of nitrogens with two attached hydrogens (primary N) is 1. The summed E-state index contributed by atoms with van der Waals surface area (Å²) in [6.45, 7) is 7.91. The van der Waals surface area contributed by atoms with Crippen molar-refractivity contribution in [2.24, 2.45) is 5.73 Å². The van der Waals surface area contributed by atoms with Crippen molar-refractivity contribution in [3.05, 3.63) is 46.5 Å². The van der Waals surface area contributed by atoms with E-state index >= 15 is 0 Å². The summed E-state index contributed by atoms with van der Waals surface area (Å²) in [4.78, 5) is 11.3. The first-order chi connectivity index (χ1) is 12.7. The molecule has 146 valence electrons. The van der Waals surface area contributed by atoms with Crippen molar-refractivity contribution in [1.82, 2.24) is 0 Å². The quantitative estimate of drug-likeness (QED) is 0.590. The second kappa shape index (κ2) is 8.44. The molecule has 0 radical (unpaired) electrons. The molecule has 0 saturated carbocycles. The van der Waals surface area contributed by atoms with E-state index in [4.69, 9.17) is 5.73 Å². The van der Waals surface area contributed by atoms with E-state index in [9.17, 15) is 20.1 Å². The van der Waals surface area contributed by atoms with Gasteiger partial charge in [-0.1, -0.05) is 39.8 Å². The van der Waals surface area contributed by atoms with Gasteiger partial charge in [-0.3, -0.25) is 4.79 Å².